The maximum atomic E-state index is 12.5. The molecule has 2 aromatic carbocycles. The van der Waals surface area contributed by atoms with Crippen LogP contribution in [0.15, 0.2) is 42.6 Å². The average Bonchev–Trinajstić information content (AvgIpc) is 3.56. The van der Waals surface area contributed by atoms with Crippen molar-refractivity contribution in [2.45, 2.75) is 65.1 Å². The van der Waals surface area contributed by atoms with Crippen LogP contribution in [0.1, 0.15) is 56.5 Å². The van der Waals surface area contributed by atoms with Gasteiger partial charge in [-0.05, 0) is 88.4 Å². The Bertz CT molecular complexity index is 1210. The third-order valence-electron chi connectivity index (χ3n) is 5.50. The predicted octanol–water partition coefficient (Wildman–Crippen LogP) is 4.64. The van der Waals surface area contributed by atoms with Gasteiger partial charge in [-0.25, -0.2) is 4.79 Å². The van der Waals surface area contributed by atoms with Crippen LogP contribution in [0, 0.1) is 6.92 Å². The SMILES string of the molecule is Cc1ccc(C(=O)NC2CC2)cc1-c1ccc2c(N[C@@H](C)C(=O)OC(C)(C)C)nncc2c1. The summed E-state index contributed by atoms with van der Waals surface area (Å²) in [5, 5.41) is 16.2. The van der Waals surface area contributed by atoms with E-state index in [2.05, 4.69) is 20.8 Å². The number of hydrogen-bond acceptors (Lipinski definition) is 6. The molecule has 1 aliphatic carbocycles. The van der Waals surface area contributed by atoms with E-state index in [0.717, 1.165) is 40.3 Å². The van der Waals surface area contributed by atoms with Gasteiger partial charge in [-0.15, -0.1) is 5.10 Å². The van der Waals surface area contributed by atoms with Gasteiger partial charge in [0.05, 0.1) is 6.20 Å². The summed E-state index contributed by atoms with van der Waals surface area (Å²) in [5.74, 6) is 0.134. The van der Waals surface area contributed by atoms with E-state index < -0.39 is 11.6 Å². The van der Waals surface area contributed by atoms with E-state index in [1.54, 1.807) is 13.1 Å². The standard InChI is InChI=1S/C26H30N4O3/c1-15-6-7-18(24(31)29-20-9-10-20)13-22(15)17-8-11-21-19(12-17)14-27-30-23(21)28-16(2)25(32)33-26(3,4)5/h6-8,11-14,16,20H,9-10H2,1-5H3,(H,28,30)(H,29,31)/t16-/m0/s1. The summed E-state index contributed by atoms with van der Waals surface area (Å²) in [5.41, 5.74) is 3.16. The first kappa shape index (κ1) is 22.7. The minimum atomic E-state index is -0.576. The van der Waals surface area contributed by atoms with Crippen LogP contribution in [0.3, 0.4) is 0 Å². The van der Waals surface area contributed by atoms with Gasteiger partial charge in [-0.1, -0.05) is 12.1 Å². The molecule has 4 rings (SSSR count). The molecule has 1 aliphatic rings. The lowest BCUT2D eigenvalue weighted by atomic mass is 9.96. The number of ether oxygens (including phenoxy) is 1. The van der Waals surface area contributed by atoms with Crippen LogP contribution in [0.4, 0.5) is 5.82 Å². The zero-order chi connectivity index (χ0) is 23.8. The minimum absolute atomic E-state index is 0.0342. The summed E-state index contributed by atoms with van der Waals surface area (Å²) < 4.78 is 5.45. The van der Waals surface area contributed by atoms with Crippen molar-refractivity contribution in [3.8, 4) is 11.1 Å². The highest BCUT2D eigenvalue weighted by Crippen LogP contribution is 2.30. The molecule has 1 aromatic heterocycles. The van der Waals surface area contributed by atoms with E-state index in [1.165, 1.54) is 0 Å². The number of carbonyl (C=O) groups excluding carboxylic acids is 2. The largest absolute Gasteiger partial charge is 0.458 e. The molecule has 1 heterocycles. The number of aromatic nitrogens is 2. The predicted molar refractivity (Wildman–Crippen MR) is 129 cm³/mol. The summed E-state index contributed by atoms with van der Waals surface area (Å²) in [6.07, 6.45) is 3.80. The lowest BCUT2D eigenvalue weighted by Gasteiger charge is -2.23. The Balaban J connectivity index is 1.61. The Morgan fingerprint density at radius 2 is 1.88 bits per heavy atom. The number of benzene rings is 2. The summed E-state index contributed by atoms with van der Waals surface area (Å²) >= 11 is 0. The number of hydrogen-bond donors (Lipinski definition) is 2. The molecule has 33 heavy (non-hydrogen) atoms. The Morgan fingerprint density at radius 1 is 1.12 bits per heavy atom. The molecule has 2 N–H and O–H groups in total. The molecule has 3 aromatic rings. The lowest BCUT2D eigenvalue weighted by Crippen LogP contribution is -2.34. The summed E-state index contributed by atoms with van der Waals surface area (Å²) in [4.78, 5) is 24.9. The van der Waals surface area contributed by atoms with Crippen LogP contribution < -0.4 is 10.6 Å². The summed E-state index contributed by atoms with van der Waals surface area (Å²) in [7, 11) is 0. The van der Waals surface area contributed by atoms with Crippen molar-refractivity contribution < 1.29 is 14.3 Å². The first-order valence-corrected chi connectivity index (χ1v) is 11.3. The van der Waals surface area contributed by atoms with Gasteiger partial charge in [0.2, 0.25) is 0 Å². The van der Waals surface area contributed by atoms with E-state index in [-0.39, 0.29) is 11.9 Å². The van der Waals surface area contributed by atoms with E-state index in [4.69, 9.17) is 4.74 Å². The molecule has 1 saturated carbocycles. The highest BCUT2D eigenvalue weighted by molar-refractivity contribution is 5.98. The molecule has 0 saturated heterocycles. The third kappa shape index (κ3) is 5.48. The molecule has 0 spiro atoms. The third-order valence-corrected chi connectivity index (χ3v) is 5.50. The van der Waals surface area contributed by atoms with Gasteiger partial charge in [0, 0.05) is 22.4 Å². The van der Waals surface area contributed by atoms with Crippen molar-refractivity contribution in [3.05, 3.63) is 53.7 Å². The van der Waals surface area contributed by atoms with E-state index in [0.29, 0.717) is 17.4 Å². The van der Waals surface area contributed by atoms with Crippen LogP contribution in [0.2, 0.25) is 0 Å². The fourth-order valence-corrected chi connectivity index (χ4v) is 3.59. The molecule has 7 nitrogen and oxygen atoms in total. The molecule has 172 valence electrons. The molecule has 7 heteroatoms. The van der Waals surface area contributed by atoms with Gasteiger partial charge >= 0.3 is 5.97 Å². The number of fused-ring (bicyclic) bond motifs is 1. The van der Waals surface area contributed by atoms with Crippen LogP contribution >= 0.6 is 0 Å². The maximum Gasteiger partial charge on any atom is 0.328 e. The molecular weight excluding hydrogens is 416 g/mol. The first-order valence-electron chi connectivity index (χ1n) is 11.3. The number of carbonyl (C=O) groups is 2. The van der Waals surface area contributed by atoms with Crippen molar-refractivity contribution in [2.75, 3.05) is 5.32 Å². The Labute approximate surface area is 193 Å². The number of esters is 1. The van der Waals surface area contributed by atoms with Crippen molar-refractivity contribution in [1.29, 1.82) is 0 Å². The van der Waals surface area contributed by atoms with Gasteiger partial charge in [-0.2, -0.15) is 5.10 Å². The van der Waals surface area contributed by atoms with Gasteiger partial charge in [0.15, 0.2) is 5.82 Å². The molecule has 0 aliphatic heterocycles. The fourth-order valence-electron chi connectivity index (χ4n) is 3.59. The van der Waals surface area contributed by atoms with Gasteiger partial charge in [-0.3, -0.25) is 4.79 Å². The zero-order valence-corrected chi connectivity index (χ0v) is 19.7. The normalized spacial score (nSPS) is 14.6. The number of anilines is 1. The number of aryl methyl sites for hydroxylation is 1. The van der Waals surface area contributed by atoms with Crippen LogP contribution in [-0.4, -0.2) is 39.8 Å². The van der Waals surface area contributed by atoms with Gasteiger partial charge in [0.1, 0.15) is 11.6 Å². The van der Waals surface area contributed by atoms with Crippen LogP contribution in [0.25, 0.3) is 21.9 Å². The monoisotopic (exact) mass is 446 g/mol. The van der Waals surface area contributed by atoms with Gasteiger partial charge in [0.25, 0.3) is 5.91 Å². The fraction of sp³-hybridized carbons (Fsp3) is 0.385. The summed E-state index contributed by atoms with van der Waals surface area (Å²) in [6.45, 7) is 9.28. The molecule has 1 amide bonds. The summed E-state index contributed by atoms with van der Waals surface area (Å²) in [6, 6.07) is 11.5. The van der Waals surface area contributed by atoms with Crippen molar-refractivity contribution >= 4 is 28.5 Å². The van der Waals surface area contributed by atoms with E-state index in [9.17, 15) is 9.59 Å². The van der Waals surface area contributed by atoms with Crippen LogP contribution in [0.5, 0.6) is 0 Å². The number of rotatable bonds is 6. The Morgan fingerprint density at radius 3 is 2.58 bits per heavy atom. The molecule has 0 radical (unpaired) electrons. The molecule has 1 atom stereocenters. The second-order valence-corrected chi connectivity index (χ2v) is 9.67. The van der Waals surface area contributed by atoms with E-state index >= 15 is 0 Å². The number of nitrogens with one attached hydrogen (secondary N) is 2. The molecule has 1 fully saturated rings. The van der Waals surface area contributed by atoms with Crippen LogP contribution in [-0.2, 0) is 9.53 Å². The highest BCUT2D eigenvalue weighted by Gasteiger charge is 2.24. The smallest absolute Gasteiger partial charge is 0.328 e. The molecule has 0 bridgehead atoms. The lowest BCUT2D eigenvalue weighted by molar-refractivity contribution is -0.155. The second-order valence-electron chi connectivity index (χ2n) is 9.67. The number of nitrogens with zero attached hydrogens (tertiary/aromatic N) is 2. The minimum Gasteiger partial charge on any atom is -0.458 e. The Kier molecular flexibility index (Phi) is 6.06. The number of amides is 1. The van der Waals surface area contributed by atoms with E-state index in [1.807, 2.05) is 64.1 Å². The zero-order valence-electron chi connectivity index (χ0n) is 19.7. The molecular formula is C26H30N4O3. The topological polar surface area (TPSA) is 93.2 Å². The van der Waals surface area contributed by atoms with Gasteiger partial charge < -0.3 is 15.4 Å². The first-order chi connectivity index (χ1) is 15.6. The van der Waals surface area contributed by atoms with Crippen molar-refractivity contribution in [3.63, 3.8) is 0 Å². The van der Waals surface area contributed by atoms with Crippen molar-refractivity contribution in [2.24, 2.45) is 0 Å². The highest BCUT2D eigenvalue weighted by atomic mass is 16.6. The quantitative estimate of drug-likeness (QED) is 0.536. The second kappa shape index (κ2) is 8.81. The Hall–Kier alpha value is -3.48. The van der Waals surface area contributed by atoms with Crippen molar-refractivity contribution in [1.82, 2.24) is 15.5 Å². The molecule has 0 unspecified atom stereocenters. The maximum absolute atomic E-state index is 12.5. The average molecular weight is 447 g/mol.